The molecule has 0 aliphatic rings. The molecule has 3 nitrogen and oxygen atoms in total. The van der Waals surface area contributed by atoms with E-state index in [0.717, 1.165) is 0 Å². The van der Waals surface area contributed by atoms with Gasteiger partial charge in [-0.15, -0.1) is 4.52 Å². The Hall–Kier alpha value is -0.270. The molecule has 0 heterocycles. The normalized spacial score (nSPS) is 14.4. The van der Waals surface area contributed by atoms with E-state index in [1.54, 1.807) is 6.92 Å². The van der Waals surface area contributed by atoms with Crippen LogP contribution in [0.1, 0.15) is 20.3 Å². The first-order chi connectivity index (χ1) is 4.76. The lowest BCUT2D eigenvalue weighted by molar-refractivity contribution is -0.107. The third-order valence-corrected chi connectivity index (χ3v) is 2.64. The van der Waals surface area contributed by atoms with Gasteiger partial charge >= 0.3 is 8.03 Å². The van der Waals surface area contributed by atoms with E-state index in [4.69, 9.17) is 4.52 Å². The van der Waals surface area contributed by atoms with Crippen LogP contribution in [0.25, 0.3) is 0 Å². The summed E-state index contributed by atoms with van der Waals surface area (Å²) in [5, 5.41) is 0. The number of carbonyl (C=O) groups is 1. The Balaban J connectivity index is 3.76. The van der Waals surface area contributed by atoms with Crippen LogP contribution in [-0.4, -0.2) is 18.6 Å². The van der Waals surface area contributed by atoms with Crippen molar-refractivity contribution in [1.82, 2.24) is 0 Å². The second-order valence-corrected chi connectivity index (χ2v) is 3.31. The van der Waals surface area contributed by atoms with Gasteiger partial charge in [-0.3, -0.25) is 4.79 Å². The molecule has 58 valence electrons. The van der Waals surface area contributed by atoms with Crippen molar-refractivity contribution in [1.29, 1.82) is 0 Å². The van der Waals surface area contributed by atoms with Crippen molar-refractivity contribution >= 4 is 14.3 Å². The molecule has 0 N–H and O–H groups in total. The molecule has 4 heteroatoms. The van der Waals surface area contributed by atoms with Crippen LogP contribution < -0.4 is 0 Å². The first kappa shape index (κ1) is 9.73. The first-order valence-corrected chi connectivity index (χ1v) is 4.55. The van der Waals surface area contributed by atoms with Crippen molar-refractivity contribution < 1.29 is 13.9 Å². The van der Waals surface area contributed by atoms with Crippen molar-refractivity contribution in [3.05, 3.63) is 0 Å². The third-order valence-electron chi connectivity index (χ3n) is 1.10. The smallest absolute Gasteiger partial charge is 0.298 e. The molecule has 0 aromatic carbocycles. The Kier molecular flexibility index (Phi) is 5.36. The molecule has 0 radical (unpaired) electrons. The number of hydrogen-bond donors (Lipinski definition) is 0. The number of aldehydes is 1. The molecule has 0 aliphatic carbocycles. The van der Waals surface area contributed by atoms with Gasteiger partial charge in [0.25, 0.3) is 0 Å². The van der Waals surface area contributed by atoms with E-state index in [1.165, 1.54) is 0 Å². The highest BCUT2D eigenvalue weighted by molar-refractivity contribution is 7.41. The van der Waals surface area contributed by atoms with Crippen molar-refractivity contribution in [2.75, 3.05) is 6.61 Å². The van der Waals surface area contributed by atoms with E-state index < -0.39 is 13.7 Å². The molecule has 0 amide bonds. The Labute approximate surface area is 61.6 Å². The van der Waals surface area contributed by atoms with Crippen molar-refractivity contribution in [3.8, 4) is 0 Å². The fraction of sp³-hybridized carbons (Fsp3) is 0.833. The first-order valence-electron chi connectivity index (χ1n) is 3.30. The Bertz CT molecular complexity index is 124. The molecule has 2 atom stereocenters. The predicted molar refractivity (Wildman–Crippen MR) is 39.4 cm³/mol. The van der Waals surface area contributed by atoms with Crippen molar-refractivity contribution in [3.63, 3.8) is 0 Å². The maximum atomic E-state index is 10.9. The number of carbonyl (C=O) groups excluding carboxylic acids is 1. The highest BCUT2D eigenvalue weighted by atomic mass is 31.1. The third kappa shape index (κ3) is 3.04. The molecule has 0 rings (SSSR count). The topological polar surface area (TPSA) is 43.4 Å². The van der Waals surface area contributed by atoms with Gasteiger partial charge in [-0.05, 0) is 11.5 Å². The molecule has 0 aliphatic heterocycles. The largest absolute Gasteiger partial charge is 0.518 e. The van der Waals surface area contributed by atoms with Gasteiger partial charge in [0.2, 0.25) is 5.66 Å². The van der Waals surface area contributed by atoms with Crippen LogP contribution in [0, 0.1) is 0 Å². The second-order valence-electron chi connectivity index (χ2n) is 1.81. The minimum Gasteiger partial charge on any atom is -0.298 e. The highest BCUT2D eigenvalue weighted by Crippen LogP contribution is 2.29. The molecular weight excluding hydrogens is 151 g/mol. The summed E-state index contributed by atoms with van der Waals surface area (Å²) in [6.07, 6.45) is 1.27. The quantitative estimate of drug-likeness (QED) is 0.458. The van der Waals surface area contributed by atoms with Crippen LogP contribution in [0.4, 0.5) is 0 Å². The van der Waals surface area contributed by atoms with Gasteiger partial charge < -0.3 is 0 Å². The van der Waals surface area contributed by atoms with E-state index in [0.29, 0.717) is 19.3 Å². The summed E-state index contributed by atoms with van der Waals surface area (Å²) >= 11 is 0. The Morgan fingerprint density at radius 2 is 2.20 bits per heavy atom. The zero-order valence-corrected chi connectivity index (χ0v) is 7.14. The molecule has 0 fully saturated rings. The van der Waals surface area contributed by atoms with E-state index >= 15 is 0 Å². The van der Waals surface area contributed by atoms with E-state index in [2.05, 4.69) is 0 Å². The highest BCUT2D eigenvalue weighted by Gasteiger charge is 2.29. The average Bonchev–Trinajstić information content (AvgIpc) is 1.91. The van der Waals surface area contributed by atoms with Gasteiger partial charge in [0.1, 0.15) is 0 Å². The maximum Gasteiger partial charge on any atom is 0.518 e. The fourth-order valence-corrected chi connectivity index (χ4v) is 1.36. The Morgan fingerprint density at radius 1 is 1.60 bits per heavy atom. The Morgan fingerprint density at radius 3 is 2.50 bits per heavy atom. The standard InChI is InChI=1S/C6H12O3P/c1-3-6(5-7)10(8)9-4-2/h5-6H,3-4H2,1-2H3/q+1. The van der Waals surface area contributed by atoms with E-state index in [9.17, 15) is 9.36 Å². The van der Waals surface area contributed by atoms with Crippen LogP contribution in [0.5, 0.6) is 0 Å². The lowest BCUT2D eigenvalue weighted by Gasteiger charge is -1.89. The molecule has 0 aromatic heterocycles. The summed E-state index contributed by atoms with van der Waals surface area (Å²) < 4.78 is 15.7. The summed E-state index contributed by atoms with van der Waals surface area (Å²) in [7, 11) is -1.76. The predicted octanol–water partition coefficient (Wildman–Crippen LogP) is 1.74. The zero-order valence-electron chi connectivity index (χ0n) is 6.24. The molecule has 2 unspecified atom stereocenters. The molecular formula is C6H12O3P+. The fourth-order valence-electron chi connectivity index (χ4n) is 0.518. The maximum absolute atomic E-state index is 10.9. The summed E-state index contributed by atoms with van der Waals surface area (Å²) in [5.41, 5.74) is -0.421. The zero-order chi connectivity index (χ0) is 7.98. The van der Waals surface area contributed by atoms with E-state index in [1.807, 2.05) is 6.92 Å². The number of hydrogen-bond acceptors (Lipinski definition) is 3. The van der Waals surface area contributed by atoms with Gasteiger partial charge in [0.15, 0.2) is 6.29 Å². The summed E-state index contributed by atoms with van der Waals surface area (Å²) in [6.45, 7) is 3.97. The van der Waals surface area contributed by atoms with Gasteiger partial charge in [0.05, 0.1) is 6.61 Å². The molecule has 0 spiro atoms. The summed E-state index contributed by atoms with van der Waals surface area (Å²) in [5.74, 6) is 0. The lowest BCUT2D eigenvalue weighted by atomic mass is 10.4. The van der Waals surface area contributed by atoms with Crippen LogP contribution >= 0.6 is 8.03 Å². The molecule has 0 aromatic rings. The van der Waals surface area contributed by atoms with Crippen LogP contribution in [0.15, 0.2) is 0 Å². The van der Waals surface area contributed by atoms with Gasteiger partial charge in [-0.25, -0.2) is 0 Å². The average molecular weight is 163 g/mol. The molecule has 0 bridgehead atoms. The van der Waals surface area contributed by atoms with Gasteiger partial charge in [-0.2, -0.15) is 0 Å². The van der Waals surface area contributed by atoms with Crippen molar-refractivity contribution in [2.45, 2.75) is 25.9 Å². The minimum absolute atomic E-state index is 0.402. The molecule has 0 saturated heterocycles. The monoisotopic (exact) mass is 163 g/mol. The van der Waals surface area contributed by atoms with Crippen LogP contribution in [0.2, 0.25) is 0 Å². The van der Waals surface area contributed by atoms with Gasteiger partial charge in [0, 0.05) is 6.42 Å². The van der Waals surface area contributed by atoms with Crippen LogP contribution in [-0.2, 0) is 13.9 Å². The SMILES string of the molecule is CCO[P+](=O)C(C=O)CC. The van der Waals surface area contributed by atoms with Crippen LogP contribution in [0.3, 0.4) is 0 Å². The van der Waals surface area contributed by atoms with Crippen molar-refractivity contribution in [2.24, 2.45) is 0 Å². The molecule has 0 saturated carbocycles. The lowest BCUT2D eigenvalue weighted by Crippen LogP contribution is -2.02. The second kappa shape index (κ2) is 5.51. The number of rotatable bonds is 5. The van der Waals surface area contributed by atoms with E-state index in [-0.39, 0.29) is 0 Å². The summed E-state index contributed by atoms with van der Waals surface area (Å²) in [6, 6.07) is 0. The molecule has 10 heavy (non-hydrogen) atoms. The van der Waals surface area contributed by atoms with Gasteiger partial charge in [-0.1, -0.05) is 6.92 Å². The minimum atomic E-state index is -1.76. The summed E-state index contributed by atoms with van der Waals surface area (Å²) in [4.78, 5) is 10.2.